The van der Waals surface area contributed by atoms with Crippen molar-refractivity contribution in [3.8, 4) is 0 Å². The summed E-state index contributed by atoms with van der Waals surface area (Å²) in [6.07, 6.45) is 5.35. The van der Waals surface area contributed by atoms with Gasteiger partial charge in [0.25, 0.3) is 0 Å². The van der Waals surface area contributed by atoms with Crippen LogP contribution >= 0.6 is 0 Å². The summed E-state index contributed by atoms with van der Waals surface area (Å²) in [7, 11) is -7.96. The van der Waals surface area contributed by atoms with Crippen molar-refractivity contribution in [3.05, 3.63) is 93.6 Å². The molecule has 276 valence electrons. The highest BCUT2D eigenvalue weighted by Gasteiger charge is 2.69. The van der Waals surface area contributed by atoms with Gasteiger partial charge in [0.05, 0.1) is 22.3 Å². The molecular weight excluding hydrogens is 697 g/mol. The van der Waals surface area contributed by atoms with E-state index in [4.69, 9.17) is 0 Å². The largest absolute Gasteiger partial charge is 0.618 e. The van der Waals surface area contributed by atoms with E-state index in [2.05, 4.69) is 49.3 Å². The molecule has 0 unspecified atom stereocenters. The van der Waals surface area contributed by atoms with Crippen molar-refractivity contribution in [3.63, 3.8) is 0 Å². The maximum absolute atomic E-state index is 14.3. The minimum absolute atomic E-state index is 0.0714. The van der Waals surface area contributed by atoms with Gasteiger partial charge in [0.15, 0.2) is 0 Å². The predicted molar refractivity (Wildman–Crippen MR) is 201 cm³/mol. The average molecular weight is 745 g/mol. The Morgan fingerprint density at radius 2 is 1.02 bits per heavy atom. The van der Waals surface area contributed by atoms with Gasteiger partial charge in [-0.2, -0.15) is 9.46 Å². The molecule has 3 saturated carbocycles. The highest BCUT2D eigenvalue weighted by molar-refractivity contribution is 7.89. The van der Waals surface area contributed by atoms with Gasteiger partial charge < -0.3 is 10.4 Å². The fraction of sp³-hybridized carbons (Fsp3) is 0.550. The summed E-state index contributed by atoms with van der Waals surface area (Å²) in [6, 6.07) is 17.8. The second-order valence-corrected chi connectivity index (χ2v) is 21.2. The molecular formula is C40H48N4O6S2. The van der Waals surface area contributed by atoms with Crippen LogP contribution in [-0.2, 0) is 30.9 Å². The van der Waals surface area contributed by atoms with Crippen molar-refractivity contribution >= 4 is 41.9 Å². The lowest BCUT2D eigenvalue weighted by atomic mass is 9.69. The topological polar surface area (TPSA) is 146 Å². The molecule has 5 aliphatic carbocycles. The van der Waals surface area contributed by atoms with Crippen molar-refractivity contribution in [2.24, 2.45) is 10.8 Å². The number of aromatic nitrogens is 2. The fourth-order valence-corrected chi connectivity index (χ4v) is 16.3. The second-order valence-electron chi connectivity index (χ2n) is 17.6. The number of benzene rings is 2. The molecule has 0 aliphatic heterocycles. The lowest BCUT2D eigenvalue weighted by molar-refractivity contribution is -0.591. The van der Waals surface area contributed by atoms with Crippen LogP contribution in [0.1, 0.15) is 113 Å². The Bertz CT molecular complexity index is 2230. The van der Waals surface area contributed by atoms with Gasteiger partial charge in [-0.1, -0.05) is 64.8 Å². The molecule has 4 aromatic rings. The maximum Gasteiger partial charge on any atom is 0.224 e. The van der Waals surface area contributed by atoms with Crippen molar-refractivity contribution in [2.75, 3.05) is 11.5 Å². The molecule has 12 heteroatoms. The number of nitrogens with one attached hydrogen (secondary N) is 2. The summed E-state index contributed by atoms with van der Waals surface area (Å²) in [5.41, 5.74) is 1.40. The van der Waals surface area contributed by atoms with Gasteiger partial charge in [0.1, 0.15) is 0 Å². The molecule has 2 aromatic carbocycles. The van der Waals surface area contributed by atoms with E-state index in [-0.39, 0.29) is 23.3 Å². The number of sulfonamides is 2. The van der Waals surface area contributed by atoms with E-state index in [1.807, 2.05) is 36.4 Å². The van der Waals surface area contributed by atoms with Crippen LogP contribution in [0.5, 0.6) is 0 Å². The molecule has 3 fully saturated rings. The van der Waals surface area contributed by atoms with Crippen LogP contribution in [0.3, 0.4) is 0 Å². The first-order chi connectivity index (χ1) is 24.5. The monoisotopic (exact) mass is 744 g/mol. The van der Waals surface area contributed by atoms with E-state index in [0.29, 0.717) is 48.1 Å². The van der Waals surface area contributed by atoms with E-state index in [1.54, 1.807) is 12.1 Å². The summed E-state index contributed by atoms with van der Waals surface area (Å²) < 4.78 is 65.2. The van der Waals surface area contributed by atoms with E-state index in [9.17, 15) is 27.3 Å². The van der Waals surface area contributed by atoms with Gasteiger partial charge in [0, 0.05) is 46.1 Å². The number of hydrogen-bond acceptors (Lipinski definition) is 6. The third-order valence-corrected chi connectivity index (χ3v) is 17.8. The highest BCUT2D eigenvalue weighted by atomic mass is 32.2. The van der Waals surface area contributed by atoms with Crippen LogP contribution in [0.4, 0.5) is 0 Å². The normalized spacial score (nSPS) is 31.3. The lowest BCUT2D eigenvalue weighted by Crippen LogP contribution is -2.58. The molecule has 10 nitrogen and oxygen atoms in total. The molecule has 2 N–H and O–H groups in total. The molecule has 52 heavy (non-hydrogen) atoms. The van der Waals surface area contributed by atoms with Crippen molar-refractivity contribution < 1.29 is 26.3 Å². The van der Waals surface area contributed by atoms with Gasteiger partial charge in [0.2, 0.25) is 42.5 Å². The van der Waals surface area contributed by atoms with Crippen molar-refractivity contribution in [1.29, 1.82) is 0 Å². The van der Waals surface area contributed by atoms with Crippen LogP contribution in [0, 0.1) is 21.2 Å². The van der Waals surface area contributed by atoms with Crippen molar-refractivity contribution in [1.82, 2.24) is 9.44 Å². The van der Waals surface area contributed by atoms with Gasteiger partial charge in [-0.15, -0.1) is 0 Å². The first-order valence-corrected chi connectivity index (χ1v) is 22.1. The zero-order chi connectivity index (χ0) is 36.6. The van der Waals surface area contributed by atoms with E-state index in [1.165, 1.54) is 0 Å². The summed E-state index contributed by atoms with van der Waals surface area (Å²) in [5, 5.41) is 29.7. The molecule has 6 atom stereocenters. The fourth-order valence-electron chi connectivity index (χ4n) is 12.0. The van der Waals surface area contributed by atoms with Crippen LogP contribution in [-0.4, -0.2) is 40.4 Å². The Morgan fingerprint density at radius 1 is 0.635 bits per heavy atom. The summed E-state index contributed by atoms with van der Waals surface area (Å²) in [5.74, 6) is -0.330. The van der Waals surface area contributed by atoms with Crippen LogP contribution in [0.25, 0.3) is 21.8 Å². The third kappa shape index (κ3) is 4.59. The molecule has 9 rings (SSSR count). The molecule has 0 amide bonds. The number of nitrogens with zero attached hydrogens (tertiary/aromatic N) is 2. The first-order valence-electron chi connectivity index (χ1n) is 18.8. The standard InChI is InChI=1S/C40H48N4O6S2/c1-37(2)29-17-19-39(37,35-27(29)21-25-11-5-9-15-33(25)43(35)45)23-51(47,48)41-31-13-7-8-14-32(31)42-52(49,50)24-40-20-18-30(38(40,3)4)28-22-26-12-6-10-16-34(26)44(46)36(28)40/h5-6,9-12,15-16,21-22,29-32,41-42H,7-8,13-14,17-20,23-24H2,1-4H3/t29-,30-,31-,32-,39-,40-/m1/s1. The molecule has 2 heterocycles. The molecule has 0 radical (unpaired) electrons. The van der Waals surface area contributed by atoms with E-state index < -0.39 is 53.8 Å². The number of para-hydroxylation sites is 2. The highest BCUT2D eigenvalue weighted by Crippen LogP contribution is 2.68. The van der Waals surface area contributed by atoms with Gasteiger partial charge >= 0.3 is 0 Å². The second kappa shape index (κ2) is 11.1. The Labute approximate surface area is 306 Å². The Balaban J connectivity index is 1.00. The molecule has 0 saturated heterocycles. The predicted octanol–water partition coefficient (Wildman–Crippen LogP) is 5.42. The van der Waals surface area contributed by atoms with Gasteiger partial charge in [-0.25, -0.2) is 26.3 Å². The number of hydrogen-bond donors (Lipinski definition) is 2. The third-order valence-electron chi connectivity index (χ3n) is 14.8. The minimum Gasteiger partial charge on any atom is -0.618 e. The lowest BCUT2D eigenvalue weighted by Gasteiger charge is -2.39. The summed E-state index contributed by atoms with van der Waals surface area (Å²) >= 11 is 0. The maximum atomic E-state index is 14.3. The zero-order valence-electron chi connectivity index (χ0n) is 30.3. The Kier molecular flexibility index (Phi) is 7.36. The van der Waals surface area contributed by atoms with Crippen molar-refractivity contribution in [2.45, 2.75) is 114 Å². The molecule has 5 aliphatic rings. The van der Waals surface area contributed by atoms with E-state index in [0.717, 1.165) is 57.0 Å². The molecule has 2 aromatic heterocycles. The quantitative estimate of drug-likeness (QED) is 0.182. The number of pyridine rings is 2. The minimum atomic E-state index is -3.98. The Morgan fingerprint density at radius 3 is 1.42 bits per heavy atom. The number of fused-ring (bicyclic) bond motifs is 12. The average Bonchev–Trinajstić information content (AvgIpc) is 3.61. The van der Waals surface area contributed by atoms with Gasteiger partial charge in [-0.3, -0.25) is 0 Å². The zero-order valence-corrected chi connectivity index (χ0v) is 31.9. The number of rotatable bonds is 8. The molecule has 0 spiro atoms. The SMILES string of the molecule is CC1(C)[C@@H]2CC[C@@]1(CS(=O)(=O)N[C@@H]1CCCC[C@H]1NS(=O)(=O)C[C@]13CC[C@H](c4cc5ccccc5[n+]([O-])c41)C3(C)C)c1c2cc2ccccc2[n+]1[O-]. The summed E-state index contributed by atoms with van der Waals surface area (Å²) in [4.78, 5) is 0. The Hall–Kier alpha value is -3.32. The summed E-state index contributed by atoms with van der Waals surface area (Å²) in [6.45, 7) is 8.36. The van der Waals surface area contributed by atoms with Crippen LogP contribution in [0.15, 0.2) is 60.7 Å². The smallest absolute Gasteiger partial charge is 0.224 e. The van der Waals surface area contributed by atoms with Crippen LogP contribution in [0.2, 0.25) is 0 Å². The van der Waals surface area contributed by atoms with Gasteiger partial charge in [-0.05, 0) is 85.5 Å². The van der Waals surface area contributed by atoms with E-state index >= 15 is 0 Å². The molecule has 4 bridgehead atoms. The van der Waals surface area contributed by atoms with Crippen LogP contribution < -0.4 is 18.9 Å². The first kappa shape index (κ1) is 34.4.